The van der Waals surface area contributed by atoms with Gasteiger partial charge in [0.05, 0.1) is 6.61 Å². The molecule has 0 fully saturated rings. The molecule has 1 aliphatic rings. The standard InChI is InChI=1S/C10H10BrNO2/c11-3-4-14-8-1-2-9-7(5-8)6-12-10(9)13/h1-2,5H,3-4,6H2,(H,12,13). The molecule has 1 N–H and O–H groups in total. The number of amides is 1. The highest BCUT2D eigenvalue weighted by Gasteiger charge is 2.18. The number of carbonyl (C=O) groups excluding carboxylic acids is 1. The first-order valence-corrected chi connectivity index (χ1v) is 5.53. The van der Waals surface area contributed by atoms with Crippen molar-refractivity contribution in [2.75, 3.05) is 11.9 Å². The fourth-order valence-electron chi connectivity index (χ4n) is 1.45. The summed E-state index contributed by atoms with van der Waals surface area (Å²) < 4.78 is 5.43. The Morgan fingerprint density at radius 1 is 1.50 bits per heavy atom. The van der Waals surface area contributed by atoms with Crippen molar-refractivity contribution < 1.29 is 9.53 Å². The molecule has 0 radical (unpaired) electrons. The zero-order chi connectivity index (χ0) is 9.97. The van der Waals surface area contributed by atoms with E-state index in [0.717, 1.165) is 22.2 Å². The van der Waals surface area contributed by atoms with E-state index >= 15 is 0 Å². The fourth-order valence-corrected chi connectivity index (χ4v) is 1.62. The summed E-state index contributed by atoms with van der Waals surface area (Å²) in [6.07, 6.45) is 0. The first-order chi connectivity index (χ1) is 6.81. The molecule has 0 spiro atoms. The van der Waals surface area contributed by atoms with E-state index in [4.69, 9.17) is 4.74 Å². The fraction of sp³-hybridized carbons (Fsp3) is 0.300. The van der Waals surface area contributed by atoms with Crippen LogP contribution in [0.2, 0.25) is 0 Å². The third-order valence-electron chi connectivity index (χ3n) is 2.11. The van der Waals surface area contributed by atoms with Crippen molar-refractivity contribution in [3.63, 3.8) is 0 Å². The molecule has 1 aliphatic heterocycles. The zero-order valence-electron chi connectivity index (χ0n) is 7.55. The van der Waals surface area contributed by atoms with Crippen LogP contribution in [0.25, 0.3) is 0 Å². The second kappa shape index (κ2) is 4.00. The molecule has 1 aromatic carbocycles. The highest BCUT2D eigenvalue weighted by molar-refractivity contribution is 9.09. The van der Waals surface area contributed by atoms with Crippen LogP contribution in [0.4, 0.5) is 0 Å². The van der Waals surface area contributed by atoms with Crippen LogP contribution in [0, 0.1) is 0 Å². The minimum atomic E-state index is 0.00652. The maximum atomic E-state index is 11.2. The van der Waals surface area contributed by atoms with Crippen molar-refractivity contribution in [3.05, 3.63) is 29.3 Å². The number of benzene rings is 1. The molecule has 14 heavy (non-hydrogen) atoms. The van der Waals surface area contributed by atoms with Gasteiger partial charge in [0.25, 0.3) is 5.91 Å². The molecule has 0 saturated carbocycles. The number of hydrogen-bond donors (Lipinski definition) is 1. The summed E-state index contributed by atoms with van der Waals surface area (Å²) in [6.45, 7) is 1.25. The molecule has 0 aromatic heterocycles. The summed E-state index contributed by atoms with van der Waals surface area (Å²) in [7, 11) is 0. The van der Waals surface area contributed by atoms with Gasteiger partial charge in [-0.05, 0) is 23.8 Å². The van der Waals surface area contributed by atoms with E-state index < -0.39 is 0 Å². The van der Waals surface area contributed by atoms with Crippen LogP contribution >= 0.6 is 15.9 Å². The normalized spacial score (nSPS) is 13.6. The van der Waals surface area contributed by atoms with Crippen LogP contribution in [0.5, 0.6) is 5.75 Å². The number of rotatable bonds is 3. The van der Waals surface area contributed by atoms with Crippen LogP contribution in [-0.4, -0.2) is 17.8 Å². The number of alkyl halides is 1. The maximum absolute atomic E-state index is 11.2. The number of ether oxygens (including phenoxy) is 1. The van der Waals surface area contributed by atoms with Crippen LogP contribution in [0.3, 0.4) is 0 Å². The molecule has 0 bridgehead atoms. The SMILES string of the molecule is O=C1NCc2cc(OCCBr)ccc21. The van der Waals surface area contributed by atoms with Gasteiger partial charge in [-0.15, -0.1) is 0 Å². The van der Waals surface area contributed by atoms with Crippen molar-refractivity contribution in [1.29, 1.82) is 0 Å². The van der Waals surface area contributed by atoms with Gasteiger partial charge in [-0.2, -0.15) is 0 Å². The van der Waals surface area contributed by atoms with Crippen LogP contribution in [0.1, 0.15) is 15.9 Å². The first-order valence-electron chi connectivity index (χ1n) is 4.41. The Kier molecular flexibility index (Phi) is 2.72. The van der Waals surface area contributed by atoms with E-state index in [2.05, 4.69) is 21.2 Å². The largest absolute Gasteiger partial charge is 0.493 e. The van der Waals surface area contributed by atoms with Crippen LogP contribution in [-0.2, 0) is 6.54 Å². The summed E-state index contributed by atoms with van der Waals surface area (Å²) in [5.41, 5.74) is 1.78. The quantitative estimate of drug-likeness (QED) is 0.836. The Morgan fingerprint density at radius 2 is 2.36 bits per heavy atom. The Labute approximate surface area is 90.6 Å². The number of carbonyl (C=O) groups is 1. The molecular formula is C10H10BrNO2. The van der Waals surface area contributed by atoms with Crippen molar-refractivity contribution in [3.8, 4) is 5.75 Å². The van der Waals surface area contributed by atoms with E-state index in [1.54, 1.807) is 6.07 Å². The van der Waals surface area contributed by atoms with Crippen molar-refractivity contribution in [2.45, 2.75) is 6.54 Å². The van der Waals surface area contributed by atoms with Crippen molar-refractivity contribution >= 4 is 21.8 Å². The van der Waals surface area contributed by atoms with E-state index in [1.807, 2.05) is 12.1 Å². The predicted octanol–water partition coefficient (Wildman–Crippen LogP) is 1.70. The van der Waals surface area contributed by atoms with Crippen molar-refractivity contribution in [1.82, 2.24) is 5.32 Å². The molecule has 1 amide bonds. The van der Waals surface area contributed by atoms with Crippen LogP contribution in [0.15, 0.2) is 18.2 Å². The molecule has 4 heteroatoms. The lowest BCUT2D eigenvalue weighted by atomic mass is 10.1. The summed E-state index contributed by atoms with van der Waals surface area (Å²) in [4.78, 5) is 11.2. The highest BCUT2D eigenvalue weighted by Crippen LogP contribution is 2.21. The monoisotopic (exact) mass is 255 g/mol. The lowest BCUT2D eigenvalue weighted by Crippen LogP contribution is -2.12. The van der Waals surface area contributed by atoms with Gasteiger partial charge in [-0.1, -0.05) is 15.9 Å². The number of fused-ring (bicyclic) bond motifs is 1. The molecule has 0 atom stereocenters. The van der Waals surface area contributed by atoms with E-state index in [-0.39, 0.29) is 5.91 Å². The Bertz CT molecular complexity index is 365. The third-order valence-corrected chi connectivity index (χ3v) is 2.43. The Hall–Kier alpha value is -1.03. The van der Waals surface area contributed by atoms with Crippen LogP contribution < -0.4 is 10.1 Å². The average molecular weight is 256 g/mol. The molecule has 3 nitrogen and oxygen atoms in total. The van der Waals surface area contributed by atoms with Crippen molar-refractivity contribution in [2.24, 2.45) is 0 Å². The van der Waals surface area contributed by atoms with Gasteiger partial charge >= 0.3 is 0 Å². The number of hydrogen-bond acceptors (Lipinski definition) is 2. The topological polar surface area (TPSA) is 38.3 Å². The molecule has 1 aromatic rings. The summed E-state index contributed by atoms with van der Waals surface area (Å²) in [5, 5.41) is 3.57. The lowest BCUT2D eigenvalue weighted by molar-refractivity contribution is 0.0966. The molecule has 0 unspecified atom stereocenters. The smallest absolute Gasteiger partial charge is 0.251 e. The van der Waals surface area contributed by atoms with E-state index in [9.17, 15) is 4.79 Å². The molecule has 1 heterocycles. The number of nitrogens with one attached hydrogen (secondary N) is 1. The summed E-state index contributed by atoms with van der Waals surface area (Å²) >= 11 is 3.29. The highest BCUT2D eigenvalue weighted by atomic mass is 79.9. The molecule has 0 saturated heterocycles. The summed E-state index contributed by atoms with van der Waals surface area (Å²) in [5.74, 6) is 0.826. The lowest BCUT2D eigenvalue weighted by Gasteiger charge is -2.04. The Balaban J connectivity index is 2.19. The van der Waals surface area contributed by atoms with Gasteiger partial charge in [-0.25, -0.2) is 0 Å². The van der Waals surface area contributed by atoms with Gasteiger partial charge in [0.1, 0.15) is 5.75 Å². The minimum absolute atomic E-state index is 0.00652. The van der Waals surface area contributed by atoms with E-state index in [1.165, 1.54) is 0 Å². The first kappa shape index (κ1) is 9.52. The maximum Gasteiger partial charge on any atom is 0.251 e. The predicted molar refractivity (Wildman–Crippen MR) is 56.9 cm³/mol. The van der Waals surface area contributed by atoms with Gasteiger partial charge < -0.3 is 10.1 Å². The summed E-state index contributed by atoms with van der Waals surface area (Å²) in [6, 6.07) is 5.55. The Morgan fingerprint density at radius 3 is 3.14 bits per heavy atom. The van der Waals surface area contributed by atoms with E-state index in [0.29, 0.717) is 13.2 Å². The minimum Gasteiger partial charge on any atom is -0.493 e. The molecule has 74 valence electrons. The molecular weight excluding hydrogens is 246 g/mol. The molecule has 0 aliphatic carbocycles. The second-order valence-corrected chi connectivity index (χ2v) is 3.83. The second-order valence-electron chi connectivity index (χ2n) is 3.04. The van der Waals surface area contributed by atoms with Gasteiger partial charge in [-0.3, -0.25) is 4.79 Å². The average Bonchev–Trinajstić information content (AvgIpc) is 2.57. The third kappa shape index (κ3) is 1.75. The number of halogens is 1. The molecule has 2 rings (SSSR count). The zero-order valence-corrected chi connectivity index (χ0v) is 9.13. The van der Waals surface area contributed by atoms with Gasteiger partial charge in [0, 0.05) is 17.4 Å². The van der Waals surface area contributed by atoms with Gasteiger partial charge in [0.15, 0.2) is 0 Å². The van der Waals surface area contributed by atoms with Gasteiger partial charge in [0.2, 0.25) is 0 Å².